The Hall–Kier alpha value is -1.27. The van der Waals surface area contributed by atoms with E-state index < -0.39 is 10.2 Å². The zero-order valence-corrected chi connectivity index (χ0v) is 9.92. The lowest BCUT2D eigenvalue weighted by Crippen LogP contribution is -2.39. The predicted octanol–water partition coefficient (Wildman–Crippen LogP) is 0.486. The average Bonchev–Trinajstić information content (AvgIpc) is 2.60. The van der Waals surface area contributed by atoms with Crippen molar-refractivity contribution in [2.45, 2.75) is 13.3 Å². The highest BCUT2D eigenvalue weighted by atomic mass is 32.2. The summed E-state index contributed by atoms with van der Waals surface area (Å²) < 4.78 is 27.6. The van der Waals surface area contributed by atoms with E-state index in [1.165, 1.54) is 4.31 Å². The Morgan fingerprint density at radius 1 is 1.50 bits per heavy atom. The minimum Gasteiger partial charge on any atom is -0.399 e. The molecule has 0 saturated carbocycles. The highest BCUT2D eigenvalue weighted by Gasteiger charge is 2.28. The molecular formula is C10H15N3O2S. The summed E-state index contributed by atoms with van der Waals surface area (Å²) in [5.74, 6) is 0. The third-order valence-corrected chi connectivity index (χ3v) is 4.19. The largest absolute Gasteiger partial charge is 0.399 e. The van der Waals surface area contributed by atoms with Gasteiger partial charge in [0.15, 0.2) is 0 Å². The molecule has 0 bridgehead atoms. The second-order valence-corrected chi connectivity index (χ2v) is 5.39. The zero-order valence-electron chi connectivity index (χ0n) is 9.10. The molecule has 16 heavy (non-hydrogen) atoms. The van der Waals surface area contributed by atoms with Crippen LogP contribution in [-0.4, -0.2) is 21.5 Å². The van der Waals surface area contributed by atoms with Crippen molar-refractivity contribution >= 4 is 21.6 Å². The standard InChI is InChI=1S/C10H15N3O2S/c1-2-12-16(14,15)13-6-5-8-3-4-9(11)7-10(8)13/h3-4,7,12H,2,5-6,11H2,1H3. The molecule has 0 aliphatic carbocycles. The van der Waals surface area contributed by atoms with E-state index in [1.54, 1.807) is 19.1 Å². The van der Waals surface area contributed by atoms with Crippen LogP contribution in [0.15, 0.2) is 18.2 Å². The summed E-state index contributed by atoms with van der Waals surface area (Å²) in [4.78, 5) is 0. The van der Waals surface area contributed by atoms with Gasteiger partial charge in [-0.05, 0) is 24.1 Å². The van der Waals surface area contributed by atoms with Gasteiger partial charge >= 0.3 is 10.2 Å². The summed E-state index contributed by atoms with van der Waals surface area (Å²) in [6, 6.07) is 5.38. The van der Waals surface area contributed by atoms with E-state index in [9.17, 15) is 8.42 Å². The normalized spacial score (nSPS) is 15.2. The highest BCUT2D eigenvalue weighted by Crippen LogP contribution is 2.31. The quantitative estimate of drug-likeness (QED) is 0.756. The smallest absolute Gasteiger partial charge is 0.301 e. The fraction of sp³-hybridized carbons (Fsp3) is 0.400. The third-order valence-electron chi connectivity index (χ3n) is 2.58. The van der Waals surface area contributed by atoms with Crippen molar-refractivity contribution in [3.8, 4) is 0 Å². The fourth-order valence-corrected chi connectivity index (χ4v) is 3.16. The maximum atomic E-state index is 11.9. The van der Waals surface area contributed by atoms with Crippen LogP contribution in [0.5, 0.6) is 0 Å². The average molecular weight is 241 g/mol. The van der Waals surface area contributed by atoms with Gasteiger partial charge in [0.05, 0.1) is 5.69 Å². The second-order valence-electron chi connectivity index (χ2n) is 3.71. The number of benzene rings is 1. The molecule has 3 N–H and O–H groups in total. The molecular weight excluding hydrogens is 226 g/mol. The first-order valence-corrected chi connectivity index (χ1v) is 6.64. The number of rotatable bonds is 3. The van der Waals surface area contributed by atoms with Crippen molar-refractivity contribution in [3.05, 3.63) is 23.8 Å². The lowest BCUT2D eigenvalue weighted by atomic mass is 10.1. The Bertz CT molecular complexity index is 499. The van der Waals surface area contributed by atoms with Crippen LogP contribution in [0.4, 0.5) is 11.4 Å². The minimum absolute atomic E-state index is 0.385. The van der Waals surface area contributed by atoms with Crippen LogP contribution in [0.2, 0.25) is 0 Å². The van der Waals surface area contributed by atoms with Gasteiger partial charge in [-0.15, -0.1) is 0 Å². The molecule has 1 aliphatic heterocycles. The molecule has 1 aromatic carbocycles. The molecule has 1 aliphatic rings. The van der Waals surface area contributed by atoms with Crippen molar-refractivity contribution in [1.82, 2.24) is 4.72 Å². The van der Waals surface area contributed by atoms with Crippen LogP contribution >= 0.6 is 0 Å². The maximum absolute atomic E-state index is 11.9. The second kappa shape index (κ2) is 3.95. The van der Waals surface area contributed by atoms with E-state index in [0.717, 1.165) is 12.0 Å². The van der Waals surface area contributed by atoms with Gasteiger partial charge in [-0.3, -0.25) is 4.31 Å². The summed E-state index contributed by atoms with van der Waals surface area (Å²) in [5, 5.41) is 0. The number of fused-ring (bicyclic) bond motifs is 1. The van der Waals surface area contributed by atoms with E-state index in [4.69, 9.17) is 5.73 Å². The number of hydrogen-bond acceptors (Lipinski definition) is 3. The first-order valence-electron chi connectivity index (χ1n) is 5.20. The van der Waals surface area contributed by atoms with E-state index in [-0.39, 0.29) is 0 Å². The topological polar surface area (TPSA) is 75.4 Å². The van der Waals surface area contributed by atoms with Gasteiger partial charge < -0.3 is 5.73 Å². The summed E-state index contributed by atoms with van der Waals surface area (Å²) in [7, 11) is -3.41. The first-order chi connectivity index (χ1) is 7.54. The number of hydrogen-bond donors (Lipinski definition) is 2. The predicted molar refractivity (Wildman–Crippen MR) is 64.5 cm³/mol. The molecule has 0 atom stereocenters. The maximum Gasteiger partial charge on any atom is 0.301 e. The Balaban J connectivity index is 2.40. The van der Waals surface area contributed by atoms with Crippen molar-refractivity contribution < 1.29 is 8.42 Å². The summed E-state index contributed by atoms with van der Waals surface area (Å²) in [5.41, 5.74) is 7.97. The van der Waals surface area contributed by atoms with Gasteiger partial charge in [-0.25, -0.2) is 0 Å². The number of nitrogens with two attached hydrogens (primary N) is 1. The molecule has 0 radical (unpaired) electrons. The number of nitrogens with one attached hydrogen (secondary N) is 1. The number of nitrogens with zero attached hydrogens (tertiary/aromatic N) is 1. The molecule has 0 fully saturated rings. The lowest BCUT2D eigenvalue weighted by Gasteiger charge is -2.19. The van der Waals surface area contributed by atoms with Crippen molar-refractivity contribution in [2.24, 2.45) is 0 Å². The van der Waals surface area contributed by atoms with E-state index in [2.05, 4.69) is 4.72 Å². The summed E-state index contributed by atoms with van der Waals surface area (Å²) in [6.07, 6.45) is 0.736. The van der Waals surface area contributed by atoms with Gasteiger partial charge in [-0.2, -0.15) is 13.1 Å². The molecule has 0 unspecified atom stereocenters. The van der Waals surface area contributed by atoms with E-state index >= 15 is 0 Å². The molecule has 1 heterocycles. The van der Waals surface area contributed by atoms with Crippen molar-refractivity contribution in [2.75, 3.05) is 23.1 Å². The summed E-state index contributed by atoms with van der Waals surface area (Å²) >= 11 is 0. The van der Waals surface area contributed by atoms with Gasteiger partial charge in [0.25, 0.3) is 0 Å². The monoisotopic (exact) mass is 241 g/mol. The Morgan fingerprint density at radius 3 is 2.94 bits per heavy atom. The first kappa shape index (κ1) is 11.2. The molecule has 0 saturated heterocycles. The Labute approximate surface area is 95.4 Å². The Kier molecular flexibility index (Phi) is 2.77. The highest BCUT2D eigenvalue weighted by molar-refractivity contribution is 7.90. The molecule has 0 aromatic heterocycles. The van der Waals surface area contributed by atoms with Gasteiger partial charge in [0.2, 0.25) is 0 Å². The Morgan fingerprint density at radius 2 is 2.25 bits per heavy atom. The van der Waals surface area contributed by atoms with Crippen LogP contribution in [0.1, 0.15) is 12.5 Å². The van der Waals surface area contributed by atoms with Crippen LogP contribution < -0.4 is 14.8 Å². The van der Waals surface area contributed by atoms with E-state index in [0.29, 0.717) is 24.5 Å². The van der Waals surface area contributed by atoms with Crippen molar-refractivity contribution in [3.63, 3.8) is 0 Å². The molecule has 5 nitrogen and oxygen atoms in total. The van der Waals surface area contributed by atoms with Crippen LogP contribution in [-0.2, 0) is 16.6 Å². The number of anilines is 2. The molecule has 88 valence electrons. The number of nitrogen functional groups attached to an aromatic ring is 1. The molecule has 0 amide bonds. The third kappa shape index (κ3) is 1.85. The van der Waals surface area contributed by atoms with Gasteiger partial charge in [0.1, 0.15) is 0 Å². The minimum atomic E-state index is -3.41. The van der Waals surface area contributed by atoms with E-state index in [1.807, 2.05) is 6.07 Å². The lowest BCUT2D eigenvalue weighted by molar-refractivity contribution is 0.580. The summed E-state index contributed by atoms with van der Waals surface area (Å²) in [6.45, 7) is 2.62. The molecule has 1 aromatic rings. The zero-order chi connectivity index (χ0) is 11.8. The van der Waals surface area contributed by atoms with Crippen LogP contribution in [0.3, 0.4) is 0 Å². The molecule has 6 heteroatoms. The van der Waals surface area contributed by atoms with Gasteiger partial charge in [-0.1, -0.05) is 13.0 Å². The SMILES string of the molecule is CCNS(=O)(=O)N1CCc2ccc(N)cc21. The molecule has 0 spiro atoms. The van der Waals surface area contributed by atoms with Crippen molar-refractivity contribution in [1.29, 1.82) is 0 Å². The van der Waals surface area contributed by atoms with Crippen LogP contribution in [0, 0.1) is 0 Å². The van der Waals surface area contributed by atoms with Crippen LogP contribution in [0.25, 0.3) is 0 Å². The fourth-order valence-electron chi connectivity index (χ4n) is 1.88. The van der Waals surface area contributed by atoms with Gasteiger partial charge in [0, 0.05) is 18.8 Å². The molecule has 2 rings (SSSR count).